The summed E-state index contributed by atoms with van der Waals surface area (Å²) in [6.45, 7) is 6.79. The Labute approximate surface area is 144 Å². The first-order valence-electron chi connectivity index (χ1n) is 7.45. The van der Waals surface area contributed by atoms with Gasteiger partial charge in [-0.3, -0.25) is 14.5 Å². The molecular weight excluding hydrogens is 332 g/mol. The molecule has 0 aliphatic carbocycles. The van der Waals surface area contributed by atoms with Crippen molar-refractivity contribution in [1.29, 1.82) is 0 Å². The second-order valence-corrected chi connectivity index (χ2v) is 7.26. The zero-order chi connectivity index (χ0) is 16.8. The Balaban J connectivity index is 2.16. The molecule has 0 fully saturated rings. The quantitative estimate of drug-likeness (QED) is 0.582. The summed E-state index contributed by atoms with van der Waals surface area (Å²) < 4.78 is 4.93. The predicted molar refractivity (Wildman–Crippen MR) is 95.4 cm³/mol. The van der Waals surface area contributed by atoms with Crippen LogP contribution < -0.4 is 0 Å². The Bertz CT molecular complexity index is 621. The van der Waals surface area contributed by atoms with Gasteiger partial charge in [0, 0.05) is 11.4 Å². The average molecular weight is 352 g/mol. The standard InChI is InChI=1S/C16H20N2O3S2/c1-4-21-14(19)10-23-16-17-13(8-12-6-5-7-22-12)15(20)18(16)9-11(2)3/h5-8,11H,4,9-10H2,1-3H3/b13-8+. The highest BCUT2D eigenvalue weighted by molar-refractivity contribution is 8.14. The minimum absolute atomic E-state index is 0.113. The molecule has 2 heterocycles. The fourth-order valence-corrected chi connectivity index (χ4v) is 3.46. The van der Waals surface area contributed by atoms with Crippen molar-refractivity contribution in [3.63, 3.8) is 0 Å². The molecule has 0 unspecified atom stereocenters. The van der Waals surface area contributed by atoms with Gasteiger partial charge in [0.2, 0.25) is 0 Å². The van der Waals surface area contributed by atoms with Crippen LogP contribution in [0.4, 0.5) is 0 Å². The molecule has 0 spiro atoms. The Morgan fingerprint density at radius 3 is 2.91 bits per heavy atom. The van der Waals surface area contributed by atoms with Crippen LogP contribution in [-0.4, -0.2) is 40.8 Å². The van der Waals surface area contributed by atoms with Crippen LogP contribution in [0, 0.1) is 5.92 Å². The lowest BCUT2D eigenvalue weighted by atomic mass is 10.2. The van der Waals surface area contributed by atoms with Crippen LogP contribution in [0.15, 0.2) is 28.2 Å². The lowest BCUT2D eigenvalue weighted by Gasteiger charge is -2.19. The van der Waals surface area contributed by atoms with E-state index in [1.54, 1.807) is 29.2 Å². The summed E-state index contributed by atoms with van der Waals surface area (Å²) in [4.78, 5) is 31.2. The highest BCUT2D eigenvalue weighted by Crippen LogP contribution is 2.26. The number of ether oxygens (including phenoxy) is 1. The summed E-state index contributed by atoms with van der Waals surface area (Å²) in [5.74, 6) is 0.0561. The summed E-state index contributed by atoms with van der Waals surface area (Å²) in [7, 11) is 0. The number of hydrogen-bond donors (Lipinski definition) is 0. The third-order valence-electron chi connectivity index (χ3n) is 2.91. The zero-order valence-electron chi connectivity index (χ0n) is 13.4. The molecule has 2 rings (SSSR count). The Morgan fingerprint density at radius 1 is 1.52 bits per heavy atom. The molecule has 1 aromatic rings. The zero-order valence-corrected chi connectivity index (χ0v) is 15.1. The molecule has 0 atom stereocenters. The van der Waals surface area contributed by atoms with E-state index in [4.69, 9.17) is 4.74 Å². The van der Waals surface area contributed by atoms with Crippen molar-refractivity contribution in [2.24, 2.45) is 10.9 Å². The molecule has 23 heavy (non-hydrogen) atoms. The number of hydrogen-bond acceptors (Lipinski definition) is 6. The molecule has 0 bridgehead atoms. The summed E-state index contributed by atoms with van der Waals surface area (Å²) in [5.41, 5.74) is 0.416. The van der Waals surface area contributed by atoms with E-state index >= 15 is 0 Å². The van der Waals surface area contributed by atoms with E-state index in [9.17, 15) is 9.59 Å². The van der Waals surface area contributed by atoms with E-state index in [2.05, 4.69) is 4.99 Å². The van der Waals surface area contributed by atoms with E-state index in [1.165, 1.54) is 11.8 Å². The highest BCUT2D eigenvalue weighted by Gasteiger charge is 2.31. The van der Waals surface area contributed by atoms with E-state index < -0.39 is 0 Å². The topological polar surface area (TPSA) is 59.0 Å². The number of aliphatic imine (C=N–C) groups is 1. The van der Waals surface area contributed by atoms with Gasteiger partial charge in [-0.15, -0.1) is 11.3 Å². The SMILES string of the molecule is CCOC(=O)CSC1=N/C(=C/c2cccs2)C(=O)N1CC(C)C. The molecule has 0 saturated carbocycles. The van der Waals surface area contributed by atoms with Crippen LogP contribution in [0.25, 0.3) is 6.08 Å². The van der Waals surface area contributed by atoms with Gasteiger partial charge in [-0.05, 0) is 30.4 Å². The Morgan fingerprint density at radius 2 is 2.30 bits per heavy atom. The van der Waals surface area contributed by atoms with Crippen LogP contribution in [0.3, 0.4) is 0 Å². The lowest BCUT2D eigenvalue weighted by Crippen LogP contribution is -2.34. The number of amides is 1. The van der Waals surface area contributed by atoms with E-state index in [0.29, 0.717) is 29.9 Å². The maximum absolute atomic E-state index is 12.6. The molecule has 0 aromatic carbocycles. The van der Waals surface area contributed by atoms with Gasteiger partial charge in [0.1, 0.15) is 5.70 Å². The summed E-state index contributed by atoms with van der Waals surface area (Å²) >= 11 is 2.80. The largest absolute Gasteiger partial charge is 0.465 e. The van der Waals surface area contributed by atoms with Crippen molar-refractivity contribution in [2.45, 2.75) is 20.8 Å². The normalized spacial score (nSPS) is 16.3. The van der Waals surface area contributed by atoms with E-state index in [0.717, 1.165) is 4.88 Å². The number of thioether (sulfide) groups is 1. The maximum atomic E-state index is 12.6. The second-order valence-electron chi connectivity index (χ2n) is 5.34. The molecule has 1 aliphatic heterocycles. The third kappa shape index (κ3) is 4.94. The number of rotatable bonds is 6. The first-order chi connectivity index (χ1) is 11.0. The van der Waals surface area contributed by atoms with E-state index in [-0.39, 0.29) is 17.6 Å². The van der Waals surface area contributed by atoms with Crippen LogP contribution >= 0.6 is 23.1 Å². The number of nitrogens with zero attached hydrogens (tertiary/aromatic N) is 2. The van der Waals surface area contributed by atoms with Crippen molar-refractivity contribution in [3.05, 3.63) is 28.1 Å². The van der Waals surface area contributed by atoms with Gasteiger partial charge in [0.25, 0.3) is 5.91 Å². The smallest absolute Gasteiger partial charge is 0.316 e. The van der Waals surface area contributed by atoms with Crippen LogP contribution in [0.2, 0.25) is 0 Å². The van der Waals surface area contributed by atoms with Gasteiger partial charge >= 0.3 is 5.97 Å². The number of esters is 1. The van der Waals surface area contributed by atoms with Crippen LogP contribution in [0.5, 0.6) is 0 Å². The molecule has 1 amide bonds. The maximum Gasteiger partial charge on any atom is 0.316 e. The van der Waals surface area contributed by atoms with Gasteiger partial charge in [-0.2, -0.15) is 0 Å². The fraction of sp³-hybridized carbons (Fsp3) is 0.438. The summed E-state index contributed by atoms with van der Waals surface area (Å²) in [6.07, 6.45) is 1.79. The molecule has 5 nitrogen and oxygen atoms in total. The van der Waals surface area contributed by atoms with Crippen molar-refractivity contribution in [1.82, 2.24) is 4.90 Å². The van der Waals surface area contributed by atoms with Crippen molar-refractivity contribution >= 4 is 46.2 Å². The summed E-state index contributed by atoms with van der Waals surface area (Å²) in [6, 6.07) is 3.87. The van der Waals surface area contributed by atoms with Gasteiger partial charge < -0.3 is 4.74 Å². The number of thiophene rings is 1. The fourth-order valence-electron chi connectivity index (χ4n) is 2.00. The minimum Gasteiger partial charge on any atom is -0.465 e. The summed E-state index contributed by atoms with van der Waals surface area (Å²) in [5, 5.41) is 2.53. The number of carbonyl (C=O) groups excluding carboxylic acids is 2. The predicted octanol–water partition coefficient (Wildman–Crippen LogP) is 3.24. The van der Waals surface area contributed by atoms with Gasteiger partial charge in [-0.25, -0.2) is 4.99 Å². The van der Waals surface area contributed by atoms with Crippen molar-refractivity contribution < 1.29 is 14.3 Å². The average Bonchev–Trinajstić information content (AvgIpc) is 3.09. The molecule has 0 radical (unpaired) electrons. The van der Waals surface area contributed by atoms with Gasteiger partial charge in [0.15, 0.2) is 5.17 Å². The first-order valence-corrected chi connectivity index (χ1v) is 9.32. The Hall–Kier alpha value is -1.60. The molecule has 0 N–H and O–H groups in total. The Kier molecular flexibility index (Phi) is 6.41. The number of amidine groups is 1. The molecular formula is C16H20N2O3S2. The second kappa shape index (κ2) is 8.31. The molecule has 0 saturated heterocycles. The van der Waals surface area contributed by atoms with E-state index in [1.807, 2.05) is 31.4 Å². The highest BCUT2D eigenvalue weighted by atomic mass is 32.2. The minimum atomic E-state index is -0.298. The third-order valence-corrected chi connectivity index (χ3v) is 4.67. The molecule has 1 aromatic heterocycles. The molecule has 1 aliphatic rings. The van der Waals surface area contributed by atoms with Crippen molar-refractivity contribution in [2.75, 3.05) is 18.9 Å². The first kappa shape index (κ1) is 17.7. The van der Waals surface area contributed by atoms with Crippen LogP contribution in [0.1, 0.15) is 25.6 Å². The van der Waals surface area contributed by atoms with Gasteiger partial charge in [0.05, 0.1) is 12.4 Å². The van der Waals surface area contributed by atoms with Crippen LogP contribution in [-0.2, 0) is 14.3 Å². The number of carbonyl (C=O) groups is 2. The monoisotopic (exact) mass is 352 g/mol. The molecule has 7 heteroatoms. The lowest BCUT2D eigenvalue weighted by molar-refractivity contribution is -0.139. The van der Waals surface area contributed by atoms with Gasteiger partial charge in [-0.1, -0.05) is 31.7 Å². The van der Waals surface area contributed by atoms with Crippen molar-refractivity contribution in [3.8, 4) is 0 Å². The molecule has 124 valence electrons.